The van der Waals surface area contributed by atoms with Crippen LogP contribution in [-0.4, -0.2) is 35.0 Å². The molecule has 0 aromatic heterocycles. The number of benzene rings is 1. The van der Waals surface area contributed by atoms with Crippen molar-refractivity contribution in [1.82, 2.24) is 4.90 Å². The zero-order chi connectivity index (χ0) is 17.4. The summed E-state index contributed by atoms with van der Waals surface area (Å²) in [6.45, 7) is 8.18. The monoisotopic (exact) mass is 435 g/mol. The summed E-state index contributed by atoms with van der Waals surface area (Å²) in [6.07, 6.45) is -1.07. The summed E-state index contributed by atoms with van der Waals surface area (Å²) in [7, 11) is 0. The van der Waals surface area contributed by atoms with E-state index < -0.39 is 36.2 Å². The number of carbonyl (C=O) groups excluding carboxylic acids is 1. The minimum atomic E-state index is -0.938. The lowest BCUT2D eigenvalue weighted by Crippen LogP contribution is -2.50. The van der Waals surface area contributed by atoms with E-state index in [-0.39, 0.29) is 0 Å². The average Bonchev–Trinajstić information content (AvgIpc) is 2.68. The smallest absolute Gasteiger partial charge is 0.413 e. The molecule has 1 heterocycles. The highest BCUT2D eigenvalue weighted by Crippen LogP contribution is 2.42. The van der Waals surface area contributed by atoms with Crippen LogP contribution in [0.5, 0.6) is 0 Å². The van der Waals surface area contributed by atoms with Crippen molar-refractivity contribution in [3.63, 3.8) is 0 Å². The van der Waals surface area contributed by atoms with Gasteiger partial charge in [-0.1, -0.05) is 12.1 Å². The summed E-state index contributed by atoms with van der Waals surface area (Å²) in [4.78, 5) is 13.9. The molecule has 1 aliphatic heterocycles. The summed E-state index contributed by atoms with van der Waals surface area (Å²) in [6, 6.07) is 6.99. The van der Waals surface area contributed by atoms with E-state index in [9.17, 15) is 9.18 Å². The topological polar surface area (TPSA) is 38.8 Å². The van der Waals surface area contributed by atoms with Crippen LogP contribution in [0.2, 0.25) is 0 Å². The Morgan fingerprint density at radius 3 is 2.39 bits per heavy atom. The number of amides is 1. The third kappa shape index (κ3) is 4.15. The van der Waals surface area contributed by atoms with E-state index in [1.165, 1.54) is 4.90 Å². The summed E-state index contributed by atoms with van der Waals surface area (Å²) in [5.74, 6) is 0. The molecule has 2 atom stereocenters. The van der Waals surface area contributed by atoms with Gasteiger partial charge in [-0.15, -0.1) is 0 Å². The van der Waals surface area contributed by atoms with Crippen LogP contribution >= 0.6 is 22.6 Å². The molecular weight excluding hydrogens is 412 g/mol. The second kappa shape index (κ2) is 6.55. The van der Waals surface area contributed by atoms with Crippen molar-refractivity contribution in [1.29, 1.82) is 0 Å². The lowest BCUT2D eigenvalue weighted by atomic mass is 10.0. The second-order valence-corrected chi connectivity index (χ2v) is 8.35. The Morgan fingerprint density at radius 1 is 1.35 bits per heavy atom. The van der Waals surface area contributed by atoms with Crippen LogP contribution in [0.1, 0.15) is 46.3 Å². The Kier molecular flexibility index (Phi) is 5.25. The minimum absolute atomic E-state index is 0.514. The maximum absolute atomic E-state index is 13.8. The zero-order valence-electron chi connectivity index (χ0n) is 14.1. The number of halogens is 2. The van der Waals surface area contributed by atoms with Crippen molar-refractivity contribution >= 4 is 28.7 Å². The molecule has 1 aromatic carbocycles. The number of ether oxygens (including phenoxy) is 2. The summed E-state index contributed by atoms with van der Waals surface area (Å²) < 4.78 is 26.3. The molecule has 1 aliphatic rings. The van der Waals surface area contributed by atoms with E-state index >= 15 is 0 Å². The van der Waals surface area contributed by atoms with Crippen molar-refractivity contribution in [3.8, 4) is 0 Å². The van der Waals surface area contributed by atoms with Crippen molar-refractivity contribution in [2.75, 3.05) is 6.67 Å². The van der Waals surface area contributed by atoms with E-state index in [1.807, 2.05) is 24.3 Å². The molecule has 0 unspecified atom stereocenters. The van der Waals surface area contributed by atoms with Gasteiger partial charge in [-0.2, -0.15) is 0 Å². The van der Waals surface area contributed by atoms with Crippen molar-refractivity contribution in [3.05, 3.63) is 33.4 Å². The van der Waals surface area contributed by atoms with Crippen LogP contribution in [-0.2, 0) is 9.47 Å². The predicted octanol–water partition coefficient (Wildman–Crippen LogP) is 4.67. The van der Waals surface area contributed by atoms with Gasteiger partial charge in [0.15, 0.2) is 0 Å². The highest BCUT2D eigenvalue weighted by atomic mass is 127. The fourth-order valence-corrected chi connectivity index (χ4v) is 3.10. The molecule has 2 rings (SSSR count). The van der Waals surface area contributed by atoms with Crippen LogP contribution in [0.3, 0.4) is 0 Å². The fourth-order valence-electron chi connectivity index (χ4n) is 2.74. The Morgan fingerprint density at radius 2 is 1.91 bits per heavy atom. The van der Waals surface area contributed by atoms with Gasteiger partial charge in [0, 0.05) is 3.57 Å². The molecule has 0 N–H and O–H groups in total. The molecule has 0 radical (unpaired) electrons. The van der Waals surface area contributed by atoms with Gasteiger partial charge in [-0.05, 0) is 74.9 Å². The standard InChI is InChI=1S/C17H23FINO3/c1-16(2,3)23-15(21)20-13(10-18)14(22-17(20,4)5)11-6-8-12(19)9-7-11/h6-9,13-14H,10H2,1-5H3/t13-,14+/m0/s1. The highest BCUT2D eigenvalue weighted by molar-refractivity contribution is 14.1. The van der Waals surface area contributed by atoms with Gasteiger partial charge in [0.25, 0.3) is 0 Å². The highest BCUT2D eigenvalue weighted by Gasteiger charge is 2.51. The fraction of sp³-hybridized carbons (Fsp3) is 0.588. The lowest BCUT2D eigenvalue weighted by Gasteiger charge is -2.34. The molecular formula is C17H23FINO3. The molecule has 1 fully saturated rings. The van der Waals surface area contributed by atoms with Crippen molar-refractivity contribution in [2.45, 2.75) is 58.1 Å². The quantitative estimate of drug-likeness (QED) is 0.634. The molecule has 0 spiro atoms. The van der Waals surface area contributed by atoms with Crippen molar-refractivity contribution < 1.29 is 18.7 Å². The Balaban J connectivity index is 2.32. The minimum Gasteiger partial charge on any atom is -0.444 e. The van der Waals surface area contributed by atoms with Crippen LogP contribution in [0.25, 0.3) is 0 Å². The first-order valence-corrected chi connectivity index (χ1v) is 8.64. The Labute approximate surface area is 150 Å². The van der Waals surface area contributed by atoms with Gasteiger partial charge in [0.05, 0.1) is 6.04 Å². The molecule has 6 heteroatoms. The third-order valence-electron chi connectivity index (χ3n) is 3.62. The number of carbonyl (C=O) groups is 1. The Bertz CT molecular complexity index is 568. The Hall–Kier alpha value is -0.890. The predicted molar refractivity (Wildman–Crippen MR) is 94.9 cm³/mol. The largest absolute Gasteiger partial charge is 0.444 e. The average molecular weight is 435 g/mol. The van der Waals surface area contributed by atoms with Gasteiger partial charge in [0.2, 0.25) is 0 Å². The van der Waals surface area contributed by atoms with Gasteiger partial charge >= 0.3 is 6.09 Å². The van der Waals surface area contributed by atoms with E-state index in [0.29, 0.717) is 0 Å². The molecule has 1 aromatic rings. The second-order valence-electron chi connectivity index (χ2n) is 7.11. The van der Waals surface area contributed by atoms with Crippen molar-refractivity contribution in [2.24, 2.45) is 0 Å². The van der Waals surface area contributed by atoms with Gasteiger partial charge < -0.3 is 9.47 Å². The first-order valence-electron chi connectivity index (χ1n) is 7.57. The van der Waals surface area contributed by atoms with E-state index in [0.717, 1.165) is 9.13 Å². The molecule has 1 amide bonds. The van der Waals surface area contributed by atoms with E-state index in [4.69, 9.17) is 9.47 Å². The van der Waals surface area contributed by atoms with Crippen LogP contribution in [0, 0.1) is 3.57 Å². The number of hydrogen-bond donors (Lipinski definition) is 0. The third-order valence-corrected chi connectivity index (χ3v) is 4.34. The van der Waals surface area contributed by atoms with Crippen LogP contribution < -0.4 is 0 Å². The molecule has 1 saturated heterocycles. The number of hydrogen-bond acceptors (Lipinski definition) is 3. The van der Waals surface area contributed by atoms with Gasteiger partial charge in [0.1, 0.15) is 24.1 Å². The number of alkyl halides is 1. The molecule has 0 aliphatic carbocycles. The molecule has 23 heavy (non-hydrogen) atoms. The molecule has 4 nitrogen and oxygen atoms in total. The molecule has 128 valence electrons. The summed E-state index contributed by atoms with van der Waals surface area (Å²) in [5.41, 5.74) is -0.728. The van der Waals surface area contributed by atoms with Crippen LogP contribution in [0.4, 0.5) is 9.18 Å². The maximum atomic E-state index is 13.8. The first-order chi connectivity index (χ1) is 10.5. The SMILES string of the molecule is CC(C)(C)OC(=O)N1[C@@H](CF)[C@@H](c2ccc(I)cc2)OC1(C)C. The normalized spacial score (nSPS) is 23.9. The van der Waals surface area contributed by atoms with Gasteiger partial charge in [-0.25, -0.2) is 9.18 Å². The van der Waals surface area contributed by atoms with E-state index in [2.05, 4.69) is 22.6 Å². The van der Waals surface area contributed by atoms with Crippen LogP contribution in [0.15, 0.2) is 24.3 Å². The molecule has 0 bridgehead atoms. The zero-order valence-corrected chi connectivity index (χ0v) is 16.3. The first kappa shape index (κ1) is 18.4. The summed E-state index contributed by atoms with van der Waals surface area (Å²) >= 11 is 2.21. The number of nitrogens with zero attached hydrogens (tertiary/aromatic N) is 1. The number of rotatable bonds is 2. The maximum Gasteiger partial charge on any atom is 0.413 e. The summed E-state index contributed by atoms with van der Waals surface area (Å²) in [5, 5.41) is 0. The van der Waals surface area contributed by atoms with E-state index in [1.54, 1.807) is 34.6 Å². The van der Waals surface area contributed by atoms with Gasteiger partial charge in [-0.3, -0.25) is 4.90 Å². The lowest BCUT2D eigenvalue weighted by molar-refractivity contribution is -0.0797. The molecule has 0 saturated carbocycles.